The maximum Gasteiger partial charge on any atom is 0.250 e. The van der Waals surface area contributed by atoms with E-state index in [2.05, 4.69) is 20.9 Å². The van der Waals surface area contributed by atoms with Crippen molar-refractivity contribution in [3.8, 4) is 0 Å². The number of aryl methyl sites for hydroxylation is 1. The zero-order chi connectivity index (χ0) is 18.5. The molecule has 3 N–H and O–H groups in total. The average molecular weight is 412 g/mol. The number of nitrogens with one attached hydrogen (secondary N) is 1. The summed E-state index contributed by atoms with van der Waals surface area (Å²) in [4.78, 5) is 19.3. The minimum Gasteiger partial charge on any atom is -0.383 e. The van der Waals surface area contributed by atoms with Crippen molar-refractivity contribution in [2.45, 2.75) is 12.5 Å². The molecular formula is C20H15BrFN3O. The number of nitrogens with two attached hydrogens (primary N) is 1. The van der Waals surface area contributed by atoms with Crippen LogP contribution in [0, 0.1) is 12.7 Å². The Morgan fingerprint density at radius 2 is 1.92 bits per heavy atom. The lowest BCUT2D eigenvalue weighted by Gasteiger charge is -2.29. The molecule has 0 saturated heterocycles. The number of amidine groups is 1. The van der Waals surface area contributed by atoms with Crippen LogP contribution in [0.4, 0.5) is 4.39 Å². The fraction of sp³-hybridized carbons (Fsp3) is 0.100. The van der Waals surface area contributed by atoms with Crippen LogP contribution in [0.15, 0.2) is 69.0 Å². The number of pyridine rings is 1. The Kier molecular flexibility index (Phi) is 3.80. The molecule has 0 fully saturated rings. The molecule has 0 spiro atoms. The third-order valence-corrected chi connectivity index (χ3v) is 5.19. The van der Waals surface area contributed by atoms with Gasteiger partial charge >= 0.3 is 0 Å². The summed E-state index contributed by atoms with van der Waals surface area (Å²) in [6.07, 6.45) is 1.62. The van der Waals surface area contributed by atoms with Crippen molar-refractivity contribution in [1.29, 1.82) is 0 Å². The molecule has 6 heteroatoms. The van der Waals surface area contributed by atoms with Crippen molar-refractivity contribution in [1.82, 2.24) is 4.98 Å². The van der Waals surface area contributed by atoms with Crippen molar-refractivity contribution in [3.63, 3.8) is 0 Å². The Bertz CT molecular complexity index is 1120. The van der Waals surface area contributed by atoms with Gasteiger partial charge in [-0.25, -0.2) is 9.38 Å². The number of fused-ring (bicyclic) bond motifs is 1. The SMILES string of the molecule is Cc1cc(C2(c3cccc(Br)c3)N=C(N)c3c(F)cccc32)c[nH]c1=O. The number of hydrogen-bond acceptors (Lipinski definition) is 3. The number of nitrogens with zero attached hydrogens (tertiary/aromatic N) is 1. The number of aromatic nitrogens is 1. The van der Waals surface area contributed by atoms with Crippen LogP contribution in [-0.4, -0.2) is 10.8 Å². The minimum absolute atomic E-state index is 0.141. The highest BCUT2D eigenvalue weighted by molar-refractivity contribution is 9.10. The molecule has 1 aromatic heterocycles. The Hall–Kier alpha value is -2.73. The van der Waals surface area contributed by atoms with Gasteiger partial charge in [-0.1, -0.05) is 40.2 Å². The Labute approximate surface area is 157 Å². The number of aromatic amines is 1. The lowest BCUT2D eigenvalue weighted by atomic mass is 9.78. The second kappa shape index (κ2) is 5.92. The van der Waals surface area contributed by atoms with Gasteiger partial charge in [-0.05, 0) is 36.8 Å². The number of H-pyrrole nitrogens is 1. The van der Waals surface area contributed by atoms with Crippen LogP contribution in [0.25, 0.3) is 0 Å². The summed E-state index contributed by atoms with van der Waals surface area (Å²) in [7, 11) is 0. The Morgan fingerprint density at radius 3 is 2.65 bits per heavy atom. The van der Waals surface area contributed by atoms with Crippen molar-refractivity contribution < 1.29 is 4.39 Å². The molecule has 3 aromatic rings. The number of aliphatic imine (C=N–C) groups is 1. The van der Waals surface area contributed by atoms with E-state index in [4.69, 9.17) is 10.7 Å². The van der Waals surface area contributed by atoms with Crippen molar-refractivity contribution >= 4 is 21.8 Å². The smallest absolute Gasteiger partial charge is 0.250 e. The molecule has 1 aliphatic rings. The summed E-state index contributed by atoms with van der Waals surface area (Å²) in [5.74, 6) is -0.274. The number of rotatable bonds is 2. The molecule has 130 valence electrons. The topological polar surface area (TPSA) is 71.2 Å². The third kappa shape index (κ3) is 2.33. The highest BCUT2D eigenvalue weighted by atomic mass is 79.9. The van der Waals surface area contributed by atoms with Crippen LogP contribution in [0.1, 0.15) is 27.8 Å². The first kappa shape index (κ1) is 16.7. The summed E-state index contributed by atoms with van der Waals surface area (Å²) >= 11 is 3.49. The van der Waals surface area contributed by atoms with E-state index in [1.165, 1.54) is 6.07 Å². The maximum absolute atomic E-state index is 14.5. The summed E-state index contributed by atoms with van der Waals surface area (Å²) < 4.78 is 15.4. The molecule has 0 radical (unpaired) electrons. The molecule has 1 atom stereocenters. The lowest BCUT2D eigenvalue weighted by molar-refractivity contribution is 0.615. The van der Waals surface area contributed by atoms with Crippen LogP contribution < -0.4 is 11.3 Å². The molecule has 4 nitrogen and oxygen atoms in total. The van der Waals surface area contributed by atoms with Gasteiger partial charge in [-0.15, -0.1) is 0 Å². The van der Waals surface area contributed by atoms with Gasteiger partial charge in [0.2, 0.25) is 0 Å². The molecule has 2 aromatic carbocycles. The zero-order valence-corrected chi connectivity index (χ0v) is 15.5. The Balaban J connectivity index is 2.13. The molecule has 26 heavy (non-hydrogen) atoms. The third-order valence-electron chi connectivity index (χ3n) is 4.70. The highest BCUT2D eigenvalue weighted by Crippen LogP contribution is 2.46. The van der Waals surface area contributed by atoms with Gasteiger partial charge in [-0.2, -0.15) is 0 Å². The molecular weight excluding hydrogens is 397 g/mol. The molecule has 1 unspecified atom stereocenters. The van der Waals surface area contributed by atoms with E-state index in [0.717, 1.165) is 15.6 Å². The molecule has 2 heterocycles. The minimum atomic E-state index is -1.03. The number of benzene rings is 2. The van der Waals surface area contributed by atoms with Gasteiger partial charge in [0.05, 0.1) is 5.56 Å². The van der Waals surface area contributed by atoms with Gasteiger partial charge in [0, 0.05) is 27.4 Å². The molecule has 1 aliphatic heterocycles. The van der Waals surface area contributed by atoms with E-state index in [-0.39, 0.29) is 11.4 Å². The van der Waals surface area contributed by atoms with Gasteiger partial charge in [0.1, 0.15) is 17.2 Å². The second-order valence-electron chi connectivity index (χ2n) is 6.28. The summed E-state index contributed by atoms with van der Waals surface area (Å²) in [6, 6.07) is 14.3. The van der Waals surface area contributed by atoms with E-state index in [0.29, 0.717) is 16.7 Å². The molecule has 4 rings (SSSR count). The van der Waals surface area contributed by atoms with Crippen molar-refractivity contribution in [2.24, 2.45) is 10.7 Å². The van der Waals surface area contributed by atoms with E-state index >= 15 is 0 Å². The lowest BCUT2D eigenvalue weighted by Crippen LogP contribution is -2.27. The molecule has 0 amide bonds. The maximum atomic E-state index is 14.5. The van der Waals surface area contributed by atoms with Gasteiger partial charge in [0.15, 0.2) is 0 Å². The van der Waals surface area contributed by atoms with E-state index < -0.39 is 11.4 Å². The van der Waals surface area contributed by atoms with Crippen LogP contribution >= 0.6 is 15.9 Å². The number of halogens is 2. The first-order valence-electron chi connectivity index (χ1n) is 8.04. The fourth-order valence-corrected chi connectivity index (χ4v) is 3.91. The monoisotopic (exact) mass is 411 g/mol. The summed E-state index contributed by atoms with van der Waals surface area (Å²) in [5, 5.41) is 0. The predicted molar refractivity (Wildman–Crippen MR) is 103 cm³/mol. The van der Waals surface area contributed by atoms with Gasteiger partial charge in [-0.3, -0.25) is 4.79 Å². The van der Waals surface area contributed by atoms with Crippen molar-refractivity contribution in [3.05, 3.63) is 103 Å². The summed E-state index contributed by atoms with van der Waals surface area (Å²) in [5.41, 5.74) is 7.98. The molecule has 0 aliphatic carbocycles. The second-order valence-corrected chi connectivity index (χ2v) is 7.20. The number of hydrogen-bond donors (Lipinski definition) is 2. The standard InChI is InChI=1S/C20H15BrFN3O/c1-11-8-13(10-24-19(11)26)20(12-4-2-5-14(21)9-12)15-6-3-7-16(22)17(15)18(23)25-20/h2-10H,1H3,(H2,23,25)(H,24,26). The first-order chi connectivity index (χ1) is 12.4. The largest absolute Gasteiger partial charge is 0.383 e. The van der Waals surface area contributed by atoms with Crippen molar-refractivity contribution in [2.75, 3.05) is 0 Å². The fourth-order valence-electron chi connectivity index (χ4n) is 3.51. The Morgan fingerprint density at radius 1 is 1.15 bits per heavy atom. The molecule has 0 bridgehead atoms. The van der Waals surface area contributed by atoms with E-state index in [9.17, 15) is 9.18 Å². The quantitative estimate of drug-likeness (QED) is 0.676. The predicted octanol–water partition coefficient (Wildman–Crippen LogP) is 3.60. The average Bonchev–Trinajstić information content (AvgIpc) is 2.92. The highest BCUT2D eigenvalue weighted by Gasteiger charge is 2.44. The van der Waals surface area contributed by atoms with E-state index in [1.54, 1.807) is 25.3 Å². The molecule has 0 saturated carbocycles. The zero-order valence-electron chi connectivity index (χ0n) is 13.9. The van der Waals surface area contributed by atoms with Crippen LogP contribution in [0.5, 0.6) is 0 Å². The first-order valence-corrected chi connectivity index (χ1v) is 8.83. The van der Waals surface area contributed by atoms with Gasteiger partial charge < -0.3 is 10.7 Å². The van der Waals surface area contributed by atoms with Crippen LogP contribution in [0.2, 0.25) is 0 Å². The van der Waals surface area contributed by atoms with Gasteiger partial charge in [0.25, 0.3) is 5.56 Å². The normalized spacial score (nSPS) is 18.5. The summed E-state index contributed by atoms with van der Waals surface area (Å²) in [6.45, 7) is 1.73. The van der Waals surface area contributed by atoms with E-state index in [1.807, 2.05) is 30.3 Å². The van der Waals surface area contributed by atoms with Crippen LogP contribution in [-0.2, 0) is 5.54 Å². The van der Waals surface area contributed by atoms with Crippen LogP contribution in [0.3, 0.4) is 0 Å².